The van der Waals surface area contributed by atoms with Crippen LogP contribution in [0, 0.1) is 11.8 Å². The molecule has 1 aliphatic carbocycles. The van der Waals surface area contributed by atoms with Gasteiger partial charge in [-0.05, 0) is 76.5 Å². The van der Waals surface area contributed by atoms with Crippen molar-refractivity contribution in [3.05, 3.63) is 72.9 Å². The zero-order chi connectivity index (χ0) is 43.8. The highest BCUT2D eigenvalue weighted by Gasteiger charge is 2.39. The molecule has 1 fully saturated rings. The van der Waals surface area contributed by atoms with Crippen LogP contribution >= 0.6 is 7.82 Å². The van der Waals surface area contributed by atoms with E-state index in [2.05, 4.69) is 62.5 Å². The average Bonchev–Trinajstić information content (AvgIpc) is 3.44. The van der Waals surface area contributed by atoms with Crippen molar-refractivity contribution in [1.29, 1.82) is 0 Å². The second-order valence-corrected chi connectivity index (χ2v) is 17.8. The summed E-state index contributed by atoms with van der Waals surface area (Å²) in [7, 11) is 1.29. The van der Waals surface area contributed by atoms with Crippen molar-refractivity contribution in [3.8, 4) is 0 Å². The molecule has 0 bridgehead atoms. The number of rotatable bonds is 34. The molecule has 0 saturated heterocycles. The smallest absolute Gasteiger partial charge is 0.462 e. The van der Waals surface area contributed by atoms with Gasteiger partial charge in [-0.1, -0.05) is 106 Å². The Hall–Kier alpha value is -2.67. The molecule has 338 valence electrons. The summed E-state index contributed by atoms with van der Waals surface area (Å²) in [6.45, 7) is 3.85. The molecule has 13 heteroatoms. The van der Waals surface area contributed by atoms with Gasteiger partial charge in [-0.3, -0.25) is 18.6 Å². The number of phosphoric ester groups is 1. The number of hydrogen-bond acceptors (Lipinski definition) is 10. The van der Waals surface area contributed by atoms with Crippen LogP contribution in [-0.4, -0.2) is 109 Å². The molecular formula is C46H79NO11P+. The lowest BCUT2D eigenvalue weighted by molar-refractivity contribution is -0.870. The Labute approximate surface area is 355 Å². The van der Waals surface area contributed by atoms with Crippen LogP contribution in [-0.2, 0) is 32.7 Å². The van der Waals surface area contributed by atoms with Crippen molar-refractivity contribution in [1.82, 2.24) is 0 Å². The molecule has 0 aliphatic heterocycles. The Morgan fingerprint density at radius 1 is 0.763 bits per heavy atom. The number of aliphatic hydroxyl groups is 3. The molecule has 1 aliphatic rings. The topological polar surface area (TPSA) is 169 Å². The Kier molecular flexibility index (Phi) is 30.4. The number of carbonyl (C=O) groups is 2. The van der Waals surface area contributed by atoms with E-state index in [1.807, 2.05) is 39.4 Å². The summed E-state index contributed by atoms with van der Waals surface area (Å²) in [4.78, 5) is 35.5. The van der Waals surface area contributed by atoms with Crippen molar-refractivity contribution in [2.24, 2.45) is 11.8 Å². The van der Waals surface area contributed by atoms with Gasteiger partial charge in [0.25, 0.3) is 0 Å². The molecular weight excluding hydrogens is 773 g/mol. The number of allylic oxidation sites excluding steroid dienone is 10. The van der Waals surface area contributed by atoms with E-state index in [-0.39, 0.29) is 44.3 Å². The van der Waals surface area contributed by atoms with Gasteiger partial charge in [0.05, 0.1) is 46.1 Å². The number of hydrogen-bond donors (Lipinski definition) is 4. The molecule has 0 radical (unpaired) electrons. The zero-order valence-corrected chi connectivity index (χ0v) is 37.7. The Bertz CT molecular complexity index is 1350. The van der Waals surface area contributed by atoms with Gasteiger partial charge in [0, 0.05) is 25.2 Å². The third kappa shape index (κ3) is 30.1. The summed E-state index contributed by atoms with van der Waals surface area (Å²) in [6, 6.07) is 0. The minimum Gasteiger partial charge on any atom is -0.462 e. The highest BCUT2D eigenvalue weighted by molar-refractivity contribution is 7.47. The van der Waals surface area contributed by atoms with Gasteiger partial charge in [-0.2, -0.15) is 0 Å². The lowest BCUT2D eigenvalue weighted by atomic mass is 9.89. The van der Waals surface area contributed by atoms with E-state index >= 15 is 0 Å². The van der Waals surface area contributed by atoms with Gasteiger partial charge in [0.1, 0.15) is 19.8 Å². The highest BCUT2D eigenvalue weighted by atomic mass is 31.2. The fraction of sp³-hybridized carbons (Fsp3) is 0.696. The largest absolute Gasteiger partial charge is 0.472 e. The first-order chi connectivity index (χ1) is 28.2. The molecule has 7 atom stereocenters. The average molecular weight is 853 g/mol. The second-order valence-electron chi connectivity index (χ2n) is 16.3. The molecule has 0 aromatic carbocycles. The van der Waals surface area contributed by atoms with Crippen LogP contribution in [0.5, 0.6) is 0 Å². The molecule has 1 unspecified atom stereocenters. The molecule has 0 heterocycles. The number of esters is 2. The molecule has 59 heavy (non-hydrogen) atoms. The van der Waals surface area contributed by atoms with Crippen LogP contribution in [0.25, 0.3) is 0 Å². The quantitative estimate of drug-likeness (QED) is 0.0161. The van der Waals surface area contributed by atoms with Crippen molar-refractivity contribution in [2.45, 2.75) is 147 Å². The lowest BCUT2D eigenvalue weighted by Crippen LogP contribution is -2.37. The molecule has 0 amide bonds. The SMILES string of the molecule is CC/C=C\C/C=C\C/C=C\C/C=C\CCCCC(=O)OC[C@H](COP(=O)(O)OCC[N+](C)(C)C)OC(=O)CCC/C=C/C[C@@H]1[C@@H](/C=C/[C@@H](O)CCCCC)[C@H](O)C[C@@H]1O. The van der Waals surface area contributed by atoms with Crippen LogP contribution in [0.4, 0.5) is 0 Å². The van der Waals surface area contributed by atoms with E-state index in [9.17, 15) is 34.4 Å². The predicted molar refractivity (Wildman–Crippen MR) is 235 cm³/mol. The van der Waals surface area contributed by atoms with E-state index < -0.39 is 50.8 Å². The first-order valence-corrected chi connectivity index (χ1v) is 23.4. The maximum absolute atomic E-state index is 12.8. The number of likely N-dealkylation sites (N-methyl/N-ethyl adjacent to an activating group) is 1. The van der Waals surface area contributed by atoms with Gasteiger partial charge in [0.15, 0.2) is 6.10 Å². The molecule has 0 aromatic heterocycles. The first kappa shape index (κ1) is 54.3. The van der Waals surface area contributed by atoms with Crippen LogP contribution in [0.15, 0.2) is 72.9 Å². The zero-order valence-electron chi connectivity index (χ0n) is 36.8. The molecule has 1 saturated carbocycles. The minimum atomic E-state index is -4.46. The summed E-state index contributed by atoms with van der Waals surface area (Å²) in [5.41, 5.74) is 0. The van der Waals surface area contributed by atoms with Crippen LogP contribution in [0.2, 0.25) is 0 Å². The van der Waals surface area contributed by atoms with Crippen molar-refractivity contribution in [2.75, 3.05) is 47.5 Å². The number of aliphatic hydroxyl groups excluding tert-OH is 3. The summed E-state index contributed by atoms with van der Waals surface area (Å²) in [6.07, 6.45) is 33.4. The van der Waals surface area contributed by atoms with Gasteiger partial charge >= 0.3 is 19.8 Å². The molecule has 4 N–H and O–H groups in total. The number of nitrogens with zero attached hydrogens (tertiary/aromatic N) is 1. The van der Waals surface area contributed by atoms with Gasteiger partial charge in [-0.15, -0.1) is 0 Å². The summed E-state index contributed by atoms with van der Waals surface area (Å²) in [5, 5.41) is 31.4. The van der Waals surface area contributed by atoms with Crippen molar-refractivity contribution >= 4 is 19.8 Å². The van der Waals surface area contributed by atoms with Crippen LogP contribution in [0.3, 0.4) is 0 Å². The fourth-order valence-electron chi connectivity index (χ4n) is 6.29. The van der Waals surface area contributed by atoms with Crippen molar-refractivity contribution < 1.29 is 57.4 Å². The van der Waals surface area contributed by atoms with Gasteiger partial charge in [-0.25, -0.2) is 4.57 Å². The molecule has 1 rings (SSSR count). The lowest BCUT2D eigenvalue weighted by Gasteiger charge is -2.24. The second kappa shape index (κ2) is 33.0. The van der Waals surface area contributed by atoms with Gasteiger partial charge < -0.3 is 34.2 Å². The maximum Gasteiger partial charge on any atom is 0.472 e. The Morgan fingerprint density at radius 2 is 1.39 bits per heavy atom. The van der Waals surface area contributed by atoms with E-state index in [1.165, 1.54) is 0 Å². The van der Waals surface area contributed by atoms with E-state index in [1.54, 1.807) is 6.08 Å². The maximum atomic E-state index is 12.8. The normalized spacial score (nSPS) is 21.2. The third-order valence-electron chi connectivity index (χ3n) is 9.79. The number of unbranched alkanes of at least 4 members (excludes halogenated alkanes) is 5. The molecule has 0 spiro atoms. The summed E-state index contributed by atoms with van der Waals surface area (Å²) >= 11 is 0. The van der Waals surface area contributed by atoms with E-state index in [0.717, 1.165) is 57.8 Å². The van der Waals surface area contributed by atoms with Crippen LogP contribution in [0.1, 0.15) is 123 Å². The van der Waals surface area contributed by atoms with Crippen molar-refractivity contribution in [3.63, 3.8) is 0 Å². The van der Waals surface area contributed by atoms with Crippen LogP contribution < -0.4 is 0 Å². The minimum absolute atomic E-state index is 0.0228. The molecule has 0 aromatic rings. The first-order valence-electron chi connectivity index (χ1n) is 21.9. The highest BCUT2D eigenvalue weighted by Crippen LogP contribution is 2.43. The Balaban J connectivity index is 2.56. The monoisotopic (exact) mass is 853 g/mol. The summed E-state index contributed by atoms with van der Waals surface area (Å²) in [5.74, 6) is -1.48. The number of quaternary nitrogens is 1. The molecule has 12 nitrogen and oxygen atoms in total. The number of carbonyl (C=O) groups excluding carboxylic acids is 2. The number of ether oxygens (including phenoxy) is 2. The Morgan fingerprint density at radius 3 is 2.05 bits per heavy atom. The summed E-state index contributed by atoms with van der Waals surface area (Å²) < 4.78 is 34.2. The van der Waals surface area contributed by atoms with E-state index in [0.29, 0.717) is 43.1 Å². The fourth-order valence-corrected chi connectivity index (χ4v) is 7.03. The third-order valence-corrected chi connectivity index (χ3v) is 10.8. The van der Waals surface area contributed by atoms with Gasteiger partial charge in [0.2, 0.25) is 0 Å². The van der Waals surface area contributed by atoms with E-state index in [4.69, 9.17) is 18.5 Å². The number of phosphoric acid groups is 1. The predicted octanol–water partition coefficient (Wildman–Crippen LogP) is 8.62. The standard InChI is InChI=1S/C46H78NO11P/c1-6-8-10-11-12-13-14-15-16-17-18-19-20-21-26-30-45(51)55-37-40(38-57-59(53,54)56-35-34-47(3,4)5)58-46(52)31-27-23-22-25-29-41-42(44(50)36-43(41)49)33-32-39(48)28-24-9-7-2/h8,10,12-13,15-16,18-19,22,25,32-33,39-44,48-50H,6-7,9,11,14,17,20-21,23-24,26-31,34-38H2,1-5H3/p+1/b10-8-,13-12-,16-15-,19-18-,25-22+,33-32+/t39-,40+,41+,42+,43-,44+/m0/s1.